The van der Waals surface area contributed by atoms with Crippen LogP contribution >= 0.6 is 0 Å². The normalized spacial score (nSPS) is 28.6. The van der Waals surface area contributed by atoms with E-state index in [0.29, 0.717) is 12.0 Å². The first-order chi connectivity index (χ1) is 8.27. The Bertz CT molecular complexity index is 243. The fourth-order valence-electron chi connectivity index (χ4n) is 3.15. The zero-order chi connectivity index (χ0) is 12.1. The van der Waals surface area contributed by atoms with Crippen LogP contribution in [0.3, 0.4) is 0 Å². The molecular formula is C14H26N2O. The van der Waals surface area contributed by atoms with Crippen molar-refractivity contribution in [1.29, 1.82) is 0 Å². The van der Waals surface area contributed by atoms with Gasteiger partial charge in [0.15, 0.2) is 0 Å². The summed E-state index contributed by atoms with van der Waals surface area (Å²) in [6, 6.07) is 0.418. The van der Waals surface area contributed by atoms with E-state index < -0.39 is 0 Å². The van der Waals surface area contributed by atoms with Crippen LogP contribution in [-0.4, -0.2) is 24.5 Å². The van der Waals surface area contributed by atoms with Crippen LogP contribution in [0.1, 0.15) is 58.3 Å². The summed E-state index contributed by atoms with van der Waals surface area (Å²) in [7, 11) is 0. The van der Waals surface area contributed by atoms with Gasteiger partial charge in [0.05, 0.1) is 6.04 Å². The molecule has 0 aromatic heterocycles. The number of piperidine rings is 1. The Morgan fingerprint density at radius 2 is 1.82 bits per heavy atom. The van der Waals surface area contributed by atoms with Crippen molar-refractivity contribution in [2.75, 3.05) is 6.54 Å². The molecule has 0 radical (unpaired) electrons. The lowest BCUT2D eigenvalue weighted by Crippen LogP contribution is -2.50. The van der Waals surface area contributed by atoms with Gasteiger partial charge < -0.3 is 10.6 Å². The summed E-state index contributed by atoms with van der Waals surface area (Å²) in [5.74, 6) is 0.930. The van der Waals surface area contributed by atoms with E-state index >= 15 is 0 Å². The van der Waals surface area contributed by atoms with Crippen molar-refractivity contribution in [3.8, 4) is 0 Å². The van der Waals surface area contributed by atoms with E-state index in [1.165, 1.54) is 44.9 Å². The molecular weight excluding hydrogens is 212 g/mol. The standard InChI is InChI=1S/C14H26N2O/c1-11(12-7-3-2-4-8-12)16-14(17)13-9-5-6-10-15-13/h11-13,15H,2-10H2,1H3,(H,16,17)/t11?,13-/m1/s1. The number of hydrogen-bond acceptors (Lipinski definition) is 2. The highest BCUT2D eigenvalue weighted by atomic mass is 16.2. The van der Waals surface area contributed by atoms with Gasteiger partial charge in [-0.15, -0.1) is 0 Å². The molecule has 1 saturated heterocycles. The van der Waals surface area contributed by atoms with Crippen LogP contribution in [0.5, 0.6) is 0 Å². The van der Waals surface area contributed by atoms with Crippen molar-refractivity contribution < 1.29 is 4.79 Å². The Labute approximate surface area is 105 Å². The maximum atomic E-state index is 12.1. The molecule has 3 heteroatoms. The summed E-state index contributed by atoms with van der Waals surface area (Å²) in [5.41, 5.74) is 0. The molecule has 1 unspecified atom stereocenters. The number of carbonyl (C=O) groups is 1. The lowest BCUT2D eigenvalue weighted by molar-refractivity contribution is -0.124. The van der Waals surface area contributed by atoms with Crippen molar-refractivity contribution in [2.24, 2.45) is 5.92 Å². The minimum absolute atomic E-state index is 0.0646. The van der Waals surface area contributed by atoms with Crippen LogP contribution in [0.15, 0.2) is 0 Å². The molecule has 3 nitrogen and oxygen atoms in total. The van der Waals surface area contributed by atoms with E-state index in [-0.39, 0.29) is 11.9 Å². The molecule has 0 aromatic rings. The Balaban J connectivity index is 1.76. The lowest BCUT2D eigenvalue weighted by Gasteiger charge is -2.30. The number of nitrogens with one attached hydrogen (secondary N) is 2. The molecule has 1 aliphatic carbocycles. The molecule has 2 fully saturated rings. The van der Waals surface area contributed by atoms with Crippen molar-refractivity contribution in [2.45, 2.75) is 70.4 Å². The summed E-state index contributed by atoms with van der Waals surface area (Å²) >= 11 is 0. The zero-order valence-electron chi connectivity index (χ0n) is 11.0. The zero-order valence-corrected chi connectivity index (χ0v) is 11.0. The summed E-state index contributed by atoms with van der Waals surface area (Å²) in [4.78, 5) is 12.1. The van der Waals surface area contributed by atoms with Crippen molar-refractivity contribution in [3.05, 3.63) is 0 Å². The largest absolute Gasteiger partial charge is 0.352 e. The first-order valence-electron chi connectivity index (χ1n) is 7.31. The number of rotatable bonds is 3. The van der Waals surface area contributed by atoms with E-state index in [2.05, 4.69) is 17.6 Å². The molecule has 2 atom stereocenters. The fraction of sp³-hybridized carbons (Fsp3) is 0.929. The van der Waals surface area contributed by atoms with Crippen molar-refractivity contribution >= 4 is 5.91 Å². The van der Waals surface area contributed by atoms with Gasteiger partial charge in [-0.25, -0.2) is 0 Å². The quantitative estimate of drug-likeness (QED) is 0.791. The maximum absolute atomic E-state index is 12.1. The first kappa shape index (κ1) is 12.9. The third-order valence-corrected chi connectivity index (χ3v) is 4.35. The van der Waals surface area contributed by atoms with Gasteiger partial charge in [-0.05, 0) is 45.1 Å². The Morgan fingerprint density at radius 3 is 2.47 bits per heavy atom. The molecule has 98 valence electrons. The predicted molar refractivity (Wildman–Crippen MR) is 69.8 cm³/mol. The molecule has 0 spiro atoms. The molecule has 2 N–H and O–H groups in total. The van der Waals surface area contributed by atoms with Gasteiger partial charge in [-0.1, -0.05) is 25.7 Å². The number of amides is 1. The second-order valence-electron chi connectivity index (χ2n) is 5.70. The Morgan fingerprint density at radius 1 is 1.12 bits per heavy atom. The number of hydrogen-bond donors (Lipinski definition) is 2. The molecule has 17 heavy (non-hydrogen) atoms. The third kappa shape index (κ3) is 3.70. The van der Waals surface area contributed by atoms with E-state index in [9.17, 15) is 4.79 Å². The minimum atomic E-state index is 0.0646. The maximum Gasteiger partial charge on any atom is 0.237 e. The van der Waals surface area contributed by atoms with E-state index in [0.717, 1.165) is 13.0 Å². The van der Waals surface area contributed by atoms with E-state index in [4.69, 9.17) is 0 Å². The van der Waals surface area contributed by atoms with Crippen molar-refractivity contribution in [3.63, 3.8) is 0 Å². The van der Waals surface area contributed by atoms with Crippen LogP contribution in [0.2, 0.25) is 0 Å². The summed E-state index contributed by atoms with van der Waals surface area (Å²) in [6.45, 7) is 3.17. The molecule has 1 heterocycles. The summed E-state index contributed by atoms with van der Waals surface area (Å²) in [6.07, 6.45) is 10.0. The molecule has 1 aliphatic heterocycles. The summed E-state index contributed by atoms with van der Waals surface area (Å²) < 4.78 is 0. The fourth-order valence-corrected chi connectivity index (χ4v) is 3.15. The molecule has 0 aromatic carbocycles. The average molecular weight is 238 g/mol. The molecule has 1 amide bonds. The second kappa shape index (κ2) is 6.39. The molecule has 1 saturated carbocycles. The number of carbonyl (C=O) groups excluding carboxylic acids is 1. The van der Waals surface area contributed by atoms with Crippen LogP contribution in [-0.2, 0) is 4.79 Å². The van der Waals surface area contributed by atoms with Crippen LogP contribution in [0.25, 0.3) is 0 Å². The van der Waals surface area contributed by atoms with Crippen molar-refractivity contribution in [1.82, 2.24) is 10.6 Å². The second-order valence-corrected chi connectivity index (χ2v) is 5.70. The highest BCUT2D eigenvalue weighted by molar-refractivity contribution is 5.82. The van der Waals surface area contributed by atoms with Gasteiger partial charge in [0.2, 0.25) is 5.91 Å². The third-order valence-electron chi connectivity index (χ3n) is 4.35. The van der Waals surface area contributed by atoms with Crippen LogP contribution in [0, 0.1) is 5.92 Å². The smallest absolute Gasteiger partial charge is 0.237 e. The summed E-state index contributed by atoms with van der Waals surface area (Å²) in [5, 5.41) is 6.53. The SMILES string of the molecule is CC(NC(=O)[C@H]1CCCCN1)C1CCCCC1. The van der Waals surface area contributed by atoms with Crippen LogP contribution < -0.4 is 10.6 Å². The average Bonchev–Trinajstić information content (AvgIpc) is 2.40. The van der Waals surface area contributed by atoms with Crippen LogP contribution in [0.4, 0.5) is 0 Å². The van der Waals surface area contributed by atoms with Gasteiger partial charge in [-0.2, -0.15) is 0 Å². The van der Waals surface area contributed by atoms with Gasteiger partial charge in [0.25, 0.3) is 0 Å². The van der Waals surface area contributed by atoms with Gasteiger partial charge in [-0.3, -0.25) is 4.79 Å². The highest BCUT2D eigenvalue weighted by Crippen LogP contribution is 2.26. The molecule has 2 aliphatic rings. The topological polar surface area (TPSA) is 41.1 Å². The predicted octanol–water partition coefficient (Wildman–Crippen LogP) is 2.21. The van der Waals surface area contributed by atoms with E-state index in [1.807, 2.05) is 0 Å². The monoisotopic (exact) mass is 238 g/mol. The lowest BCUT2D eigenvalue weighted by atomic mass is 9.84. The first-order valence-corrected chi connectivity index (χ1v) is 7.31. The Kier molecular flexibility index (Phi) is 4.84. The van der Waals surface area contributed by atoms with Gasteiger partial charge >= 0.3 is 0 Å². The van der Waals surface area contributed by atoms with Gasteiger partial charge in [0.1, 0.15) is 0 Å². The van der Waals surface area contributed by atoms with E-state index in [1.54, 1.807) is 0 Å². The highest BCUT2D eigenvalue weighted by Gasteiger charge is 2.25. The minimum Gasteiger partial charge on any atom is -0.352 e. The molecule has 0 bridgehead atoms. The Hall–Kier alpha value is -0.570. The van der Waals surface area contributed by atoms with Gasteiger partial charge in [0, 0.05) is 6.04 Å². The molecule has 2 rings (SSSR count).